The smallest absolute Gasteiger partial charge is 0.282 e. The number of carbonyl (C=O) groups is 1. The molecule has 1 heterocycles. The van der Waals surface area contributed by atoms with Crippen LogP contribution in [0.3, 0.4) is 0 Å². The summed E-state index contributed by atoms with van der Waals surface area (Å²) in [5.74, 6) is -3.02. The van der Waals surface area contributed by atoms with Gasteiger partial charge >= 0.3 is 0 Å². The third-order valence-corrected chi connectivity index (χ3v) is 3.41. The van der Waals surface area contributed by atoms with Gasteiger partial charge in [0.25, 0.3) is 11.8 Å². The molecule has 1 amide bonds. The Balaban J connectivity index is 2.19. The Hall–Kier alpha value is -1.45. The van der Waals surface area contributed by atoms with E-state index in [1.807, 2.05) is 13.0 Å². The summed E-state index contributed by atoms with van der Waals surface area (Å²) in [4.78, 5) is 13.2. The molecule has 0 spiro atoms. The van der Waals surface area contributed by atoms with Crippen molar-refractivity contribution >= 4 is 5.91 Å². The maximum absolute atomic E-state index is 12.8. The van der Waals surface area contributed by atoms with E-state index in [0.29, 0.717) is 5.56 Å². The lowest BCUT2D eigenvalue weighted by Gasteiger charge is -2.38. The molecule has 2 rings (SSSR count). The molecule has 19 heavy (non-hydrogen) atoms. The summed E-state index contributed by atoms with van der Waals surface area (Å²) in [5, 5.41) is 0. The molecule has 1 aliphatic heterocycles. The van der Waals surface area contributed by atoms with E-state index in [0.717, 1.165) is 11.1 Å². The van der Waals surface area contributed by atoms with Crippen LogP contribution < -0.4 is 0 Å². The molecule has 0 aliphatic carbocycles. The summed E-state index contributed by atoms with van der Waals surface area (Å²) in [6.07, 6.45) is 0. The van der Waals surface area contributed by atoms with Gasteiger partial charge in [0, 0.05) is 5.56 Å². The fourth-order valence-corrected chi connectivity index (χ4v) is 2.48. The number of benzene rings is 1. The summed E-state index contributed by atoms with van der Waals surface area (Å²) < 4.78 is 25.5. The molecule has 0 atom stereocenters. The fourth-order valence-electron chi connectivity index (χ4n) is 2.48. The number of rotatable bonds is 1. The first kappa shape index (κ1) is 14.0. The van der Waals surface area contributed by atoms with Crippen LogP contribution in [0.15, 0.2) is 18.2 Å². The Morgan fingerprint density at radius 2 is 1.84 bits per heavy atom. The Kier molecular flexibility index (Phi) is 3.15. The van der Waals surface area contributed by atoms with Gasteiger partial charge in [0.1, 0.15) is 0 Å². The van der Waals surface area contributed by atoms with E-state index in [9.17, 15) is 13.6 Å². The van der Waals surface area contributed by atoms with Crippen LogP contribution in [0, 0.1) is 6.92 Å². The van der Waals surface area contributed by atoms with Crippen molar-refractivity contribution < 1.29 is 13.6 Å². The standard InChI is InChI=1S/C15H19F2NO/c1-10-7-11(5-6-12(10)14(2,3)4)13(19)18-8-15(16,17)9-18/h5-7H,8-9H2,1-4H3. The Labute approximate surface area is 112 Å². The Morgan fingerprint density at radius 3 is 2.26 bits per heavy atom. The first-order chi connectivity index (χ1) is 8.60. The van der Waals surface area contributed by atoms with E-state index in [1.54, 1.807) is 12.1 Å². The lowest BCUT2D eigenvalue weighted by molar-refractivity contribution is -0.113. The van der Waals surface area contributed by atoms with Gasteiger partial charge in [-0.15, -0.1) is 0 Å². The third kappa shape index (κ3) is 2.77. The van der Waals surface area contributed by atoms with Crippen molar-refractivity contribution in [2.24, 2.45) is 0 Å². The van der Waals surface area contributed by atoms with Crippen molar-refractivity contribution in [2.75, 3.05) is 13.1 Å². The average molecular weight is 267 g/mol. The zero-order valence-corrected chi connectivity index (χ0v) is 11.8. The minimum Gasteiger partial charge on any atom is -0.326 e. The predicted octanol–water partition coefficient (Wildman–Crippen LogP) is 3.38. The number of amides is 1. The number of aryl methyl sites for hydroxylation is 1. The highest BCUT2D eigenvalue weighted by Crippen LogP contribution is 2.30. The summed E-state index contributed by atoms with van der Waals surface area (Å²) in [5.41, 5.74) is 2.68. The van der Waals surface area contributed by atoms with Gasteiger partial charge in [0.15, 0.2) is 0 Å². The highest BCUT2D eigenvalue weighted by Gasteiger charge is 2.46. The van der Waals surface area contributed by atoms with Gasteiger partial charge in [-0.1, -0.05) is 26.8 Å². The van der Waals surface area contributed by atoms with E-state index in [1.165, 1.54) is 4.90 Å². The lowest BCUT2D eigenvalue weighted by Crippen LogP contribution is -2.58. The Morgan fingerprint density at radius 1 is 1.26 bits per heavy atom. The molecule has 1 aromatic rings. The molecule has 4 heteroatoms. The summed E-state index contributed by atoms with van der Waals surface area (Å²) in [6, 6.07) is 5.44. The molecule has 0 unspecified atom stereocenters. The largest absolute Gasteiger partial charge is 0.326 e. The van der Waals surface area contributed by atoms with E-state index in [2.05, 4.69) is 20.8 Å². The van der Waals surface area contributed by atoms with Gasteiger partial charge in [0.05, 0.1) is 13.1 Å². The maximum Gasteiger partial charge on any atom is 0.282 e. The minimum absolute atomic E-state index is 0.00937. The van der Waals surface area contributed by atoms with Crippen molar-refractivity contribution in [3.8, 4) is 0 Å². The van der Waals surface area contributed by atoms with Crippen LogP contribution in [-0.4, -0.2) is 29.8 Å². The minimum atomic E-state index is -2.71. The second-order valence-corrected chi connectivity index (χ2v) is 6.30. The molecule has 1 aliphatic rings. The zero-order valence-electron chi connectivity index (χ0n) is 11.8. The molecule has 0 aromatic heterocycles. The number of alkyl halides is 2. The number of hydrogen-bond acceptors (Lipinski definition) is 1. The first-order valence-corrected chi connectivity index (χ1v) is 6.38. The van der Waals surface area contributed by atoms with Crippen LogP contribution in [0.5, 0.6) is 0 Å². The number of nitrogens with zero attached hydrogens (tertiary/aromatic N) is 1. The van der Waals surface area contributed by atoms with E-state index in [-0.39, 0.29) is 11.3 Å². The highest BCUT2D eigenvalue weighted by atomic mass is 19.3. The molecular weight excluding hydrogens is 248 g/mol. The topological polar surface area (TPSA) is 20.3 Å². The molecule has 1 saturated heterocycles. The van der Waals surface area contributed by atoms with Gasteiger partial charge in [0.2, 0.25) is 0 Å². The van der Waals surface area contributed by atoms with Gasteiger partial charge in [-0.2, -0.15) is 0 Å². The summed E-state index contributed by atoms with van der Waals surface area (Å²) in [7, 11) is 0. The molecule has 2 nitrogen and oxygen atoms in total. The van der Waals surface area contributed by atoms with Gasteiger partial charge < -0.3 is 4.90 Å². The van der Waals surface area contributed by atoms with E-state index < -0.39 is 19.0 Å². The lowest BCUT2D eigenvalue weighted by atomic mass is 9.83. The number of carbonyl (C=O) groups excluding carboxylic acids is 1. The molecule has 104 valence electrons. The van der Waals surface area contributed by atoms with Crippen molar-refractivity contribution in [3.63, 3.8) is 0 Å². The normalized spacial score (nSPS) is 18.1. The number of hydrogen-bond donors (Lipinski definition) is 0. The SMILES string of the molecule is Cc1cc(C(=O)N2CC(F)(F)C2)ccc1C(C)(C)C. The van der Waals surface area contributed by atoms with Crippen molar-refractivity contribution in [3.05, 3.63) is 34.9 Å². The van der Waals surface area contributed by atoms with Gasteiger partial charge in [-0.3, -0.25) is 4.79 Å². The average Bonchev–Trinajstić information content (AvgIpc) is 2.22. The molecule has 1 aromatic carbocycles. The summed E-state index contributed by atoms with van der Waals surface area (Å²) in [6.45, 7) is 7.33. The van der Waals surface area contributed by atoms with Crippen molar-refractivity contribution in [2.45, 2.75) is 39.0 Å². The van der Waals surface area contributed by atoms with Crippen molar-refractivity contribution in [1.29, 1.82) is 0 Å². The Bertz CT molecular complexity index is 509. The molecular formula is C15H19F2NO. The summed E-state index contributed by atoms with van der Waals surface area (Å²) >= 11 is 0. The van der Waals surface area contributed by atoms with Crippen LogP contribution in [0.25, 0.3) is 0 Å². The third-order valence-electron chi connectivity index (χ3n) is 3.41. The van der Waals surface area contributed by atoms with Crippen LogP contribution in [0.1, 0.15) is 42.3 Å². The molecule has 0 bridgehead atoms. The van der Waals surface area contributed by atoms with Crippen molar-refractivity contribution in [1.82, 2.24) is 4.90 Å². The molecule has 0 saturated carbocycles. The molecule has 1 fully saturated rings. The highest BCUT2D eigenvalue weighted by molar-refractivity contribution is 5.95. The second-order valence-electron chi connectivity index (χ2n) is 6.30. The van der Waals surface area contributed by atoms with Crippen LogP contribution in [-0.2, 0) is 5.41 Å². The monoisotopic (exact) mass is 267 g/mol. The predicted molar refractivity (Wildman–Crippen MR) is 70.7 cm³/mol. The fraction of sp³-hybridized carbons (Fsp3) is 0.533. The zero-order chi connectivity index (χ0) is 14.4. The van der Waals surface area contributed by atoms with E-state index >= 15 is 0 Å². The second kappa shape index (κ2) is 4.29. The van der Waals surface area contributed by atoms with E-state index in [4.69, 9.17) is 0 Å². The van der Waals surface area contributed by atoms with Crippen LogP contribution in [0.2, 0.25) is 0 Å². The van der Waals surface area contributed by atoms with Gasteiger partial charge in [-0.25, -0.2) is 8.78 Å². The van der Waals surface area contributed by atoms with Crippen LogP contribution in [0.4, 0.5) is 8.78 Å². The molecule has 0 radical (unpaired) electrons. The molecule has 0 N–H and O–H groups in total. The number of halogens is 2. The first-order valence-electron chi connectivity index (χ1n) is 6.38. The number of likely N-dealkylation sites (tertiary alicyclic amines) is 1. The van der Waals surface area contributed by atoms with Crippen LogP contribution >= 0.6 is 0 Å². The maximum atomic E-state index is 12.8. The quantitative estimate of drug-likeness (QED) is 0.764. The van der Waals surface area contributed by atoms with Gasteiger partial charge in [-0.05, 0) is 35.6 Å².